The van der Waals surface area contributed by atoms with Crippen LogP contribution in [0.3, 0.4) is 0 Å². The number of carbonyl (C=O) groups excluding carboxylic acids is 1. The fraction of sp³-hybridized carbons (Fsp3) is 0.778. The molecule has 0 spiro atoms. The molecule has 13 heavy (non-hydrogen) atoms. The lowest BCUT2D eigenvalue weighted by atomic mass is 9.96. The van der Waals surface area contributed by atoms with Gasteiger partial charge in [0.05, 0.1) is 0 Å². The average molecular weight is 204 g/mol. The molecule has 0 aliphatic rings. The Hall–Kier alpha value is -0.510. The Morgan fingerprint density at radius 2 is 1.92 bits per heavy atom. The van der Waals surface area contributed by atoms with E-state index in [9.17, 15) is 9.59 Å². The van der Waals surface area contributed by atoms with Gasteiger partial charge in [-0.2, -0.15) is 12.6 Å². The van der Waals surface area contributed by atoms with E-state index in [0.29, 0.717) is 6.42 Å². The van der Waals surface area contributed by atoms with Crippen molar-refractivity contribution < 1.29 is 14.7 Å². The Morgan fingerprint density at radius 3 is 2.23 bits per heavy atom. The van der Waals surface area contributed by atoms with Gasteiger partial charge in [-0.3, -0.25) is 9.59 Å². The lowest BCUT2D eigenvalue weighted by molar-refractivity contribution is -0.143. The van der Waals surface area contributed by atoms with Gasteiger partial charge in [0.1, 0.15) is 0 Å². The molecule has 4 heteroatoms. The monoisotopic (exact) mass is 204 g/mol. The summed E-state index contributed by atoms with van der Waals surface area (Å²) in [5.74, 6) is -1.53. The number of thiol groups is 1. The number of hydrogen-bond donors (Lipinski definition) is 2. The van der Waals surface area contributed by atoms with Gasteiger partial charge >= 0.3 is 5.97 Å². The number of carbonyl (C=O) groups is 2. The molecule has 0 amide bonds. The van der Waals surface area contributed by atoms with E-state index in [2.05, 4.69) is 12.6 Å². The minimum absolute atomic E-state index is 0.314. The number of carboxylic acids is 1. The van der Waals surface area contributed by atoms with Crippen LogP contribution in [0.2, 0.25) is 0 Å². The van der Waals surface area contributed by atoms with Crippen molar-refractivity contribution >= 4 is 24.4 Å². The van der Waals surface area contributed by atoms with Crippen molar-refractivity contribution in [3.8, 4) is 0 Å². The van der Waals surface area contributed by atoms with Gasteiger partial charge in [-0.25, -0.2) is 0 Å². The number of ketones is 1. The summed E-state index contributed by atoms with van der Waals surface area (Å²) in [5.41, 5.74) is 0. The summed E-state index contributed by atoms with van der Waals surface area (Å²) in [5, 5.41) is 8.81. The molecule has 0 fully saturated rings. The number of rotatable bonds is 6. The van der Waals surface area contributed by atoms with Crippen molar-refractivity contribution in [1.82, 2.24) is 0 Å². The summed E-state index contributed by atoms with van der Waals surface area (Å²) in [4.78, 5) is 21.8. The van der Waals surface area contributed by atoms with Crippen LogP contribution in [0.5, 0.6) is 0 Å². The molecule has 0 radical (unpaired) electrons. The molecule has 1 unspecified atom stereocenters. The SMILES string of the molecule is CCCCCC(S)(C(C)=O)C(=O)O. The summed E-state index contributed by atoms with van der Waals surface area (Å²) in [7, 11) is 0. The lowest BCUT2D eigenvalue weighted by Crippen LogP contribution is -2.39. The Balaban J connectivity index is 4.26. The molecule has 0 heterocycles. The van der Waals surface area contributed by atoms with Crippen molar-refractivity contribution in [2.45, 2.75) is 44.3 Å². The van der Waals surface area contributed by atoms with Gasteiger partial charge in [0, 0.05) is 0 Å². The van der Waals surface area contributed by atoms with Crippen LogP contribution in [0.1, 0.15) is 39.5 Å². The number of Topliss-reactive ketones (excluding diaryl/α,β-unsaturated/α-hetero) is 1. The predicted octanol–water partition coefficient (Wildman–Crippen LogP) is 1.91. The van der Waals surface area contributed by atoms with E-state index in [1.54, 1.807) is 0 Å². The zero-order chi connectivity index (χ0) is 10.5. The third-order valence-electron chi connectivity index (χ3n) is 2.08. The van der Waals surface area contributed by atoms with Gasteiger partial charge in [-0.15, -0.1) is 0 Å². The van der Waals surface area contributed by atoms with Crippen LogP contribution in [-0.4, -0.2) is 21.6 Å². The minimum atomic E-state index is -1.48. The Labute approximate surface area is 83.9 Å². The minimum Gasteiger partial charge on any atom is -0.480 e. The fourth-order valence-corrected chi connectivity index (χ4v) is 1.22. The molecule has 0 rings (SSSR count). The van der Waals surface area contributed by atoms with Gasteiger partial charge in [0.25, 0.3) is 0 Å². The first kappa shape index (κ1) is 12.5. The second kappa shape index (κ2) is 5.27. The number of hydrogen-bond acceptors (Lipinski definition) is 3. The lowest BCUT2D eigenvalue weighted by Gasteiger charge is -2.19. The standard InChI is InChI=1S/C9H16O3S/c1-3-4-5-6-9(13,7(2)10)8(11)12/h13H,3-6H2,1-2H3,(H,11,12). The van der Waals surface area contributed by atoms with Crippen molar-refractivity contribution in [2.75, 3.05) is 0 Å². The third-order valence-corrected chi connectivity index (χ3v) is 2.81. The van der Waals surface area contributed by atoms with E-state index < -0.39 is 10.7 Å². The smallest absolute Gasteiger partial charge is 0.327 e. The average Bonchev–Trinajstić information content (AvgIpc) is 2.03. The van der Waals surface area contributed by atoms with Gasteiger partial charge in [0.2, 0.25) is 0 Å². The van der Waals surface area contributed by atoms with E-state index in [0.717, 1.165) is 19.3 Å². The van der Waals surface area contributed by atoms with Crippen LogP contribution in [-0.2, 0) is 9.59 Å². The first-order valence-corrected chi connectivity index (χ1v) is 4.86. The second-order valence-corrected chi connectivity index (χ2v) is 3.94. The zero-order valence-corrected chi connectivity index (χ0v) is 8.93. The largest absolute Gasteiger partial charge is 0.480 e. The second-order valence-electron chi connectivity index (χ2n) is 3.18. The van der Waals surface area contributed by atoms with Gasteiger partial charge in [0.15, 0.2) is 10.5 Å². The van der Waals surface area contributed by atoms with Crippen molar-refractivity contribution in [1.29, 1.82) is 0 Å². The van der Waals surface area contributed by atoms with Crippen LogP contribution in [0.4, 0.5) is 0 Å². The molecule has 1 atom stereocenters. The maximum Gasteiger partial charge on any atom is 0.327 e. The molecule has 0 bridgehead atoms. The molecule has 0 aromatic heterocycles. The van der Waals surface area contributed by atoms with Crippen LogP contribution >= 0.6 is 12.6 Å². The normalized spacial score (nSPS) is 15.0. The van der Waals surface area contributed by atoms with E-state index in [-0.39, 0.29) is 5.78 Å². The molecule has 0 aliphatic heterocycles. The molecule has 76 valence electrons. The van der Waals surface area contributed by atoms with Crippen molar-refractivity contribution in [3.63, 3.8) is 0 Å². The number of aliphatic carboxylic acids is 1. The third kappa shape index (κ3) is 3.38. The number of carboxylic acid groups (broad SMARTS) is 1. The molecular formula is C9H16O3S. The molecule has 0 aromatic carbocycles. The molecule has 0 saturated carbocycles. The molecule has 1 N–H and O–H groups in total. The van der Waals surface area contributed by atoms with Crippen LogP contribution < -0.4 is 0 Å². The van der Waals surface area contributed by atoms with Gasteiger partial charge < -0.3 is 5.11 Å². The highest BCUT2D eigenvalue weighted by Gasteiger charge is 2.38. The molecule has 3 nitrogen and oxygen atoms in total. The van der Waals surface area contributed by atoms with Crippen LogP contribution in [0.25, 0.3) is 0 Å². The topological polar surface area (TPSA) is 54.4 Å². The summed E-state index contributed by atoms with van der Waals surface area (Å²) >= 11 is 3.93. The maximum atomic E-state index is 11.0. The fourth-order valence-electron chi connectivity index (χ4n) is 1.06. The van der Waals surface area contributed by atoms with Crippen LogP contribution in [0, 0.1) is 0 Å². The van der Waals surface area contributed by atoms with E-state index in [1.165, 1.54) is 6.92 Å². The highest BCUT2D eigenvalue weighted by atomic mass is 32.1. The van der Waals surface area contributed by atoms with Crippen molar-refractivity contribution in [2.24, 2.45) is 0 Å². The van der Waals surface area contributed by atoms with E-state index in [1.807, 2.05) is 6.92 Å². The van der Waals surface area contributed by atoms with Crippen molar-refractivity contribution in [3.05, 3.63) is 0 Å². The quantitative estimate of drug-likeness (QED) is 0.395. The summed E-state index contributed by atoms with van der Waals surface area (Å²) in [6.07, 6.45) is 2.98. The van der Waals surface area contributed by atoms with E-state index >= 15 is 0 Å². The van der Waals surface area contributed by atoms with E-state index in [4.69, 9.17) is 5.11 Å². The summed E-state index contributed by atoms with van der Waals surface area (Å²) in [6, 6.07) is 0. The molecule has 0 aliphatic carbocycles. The summed E-state index contributed by atoms with van der Waals surface area (Å²) < 4.78 is -1.48. The van der Waals surface area contributed by atoms with Gasteiger partial charge in [-0.1, -0.05) is 26.2 Å². The predicted molar refractivity (Wildman–Crippen MR) is 54.2 cm³/mol. The summed E-state index contributed by atoms with van der Waals surface area (Å²) in [6.45, 7) is 3.29. The number of unbranched alkanes of at least 4 members (excludes halogenated alkanes) is 2. The highest BCUT2D eigenvalue weighted by molar-refractivity contribution is 7.83. The zero-order valence-electron chi connectivity index (χ0n) is 8.04. The molecule has 0 aromatic rings. The van der Waals surface area contributed by atoms with Gasteiger partial charge in [-0.05, 0) is 13.3 Å². The molecule has 0 saturated heterocycles. The Kier molecular flexibility index (Phi) is 5.06. The Bertz CT molecular complexity index is 187. The first-order valence-electron chi connectivity index (χ1n) is 4.42. The Morgan fingerprint density at radius 1 is 1.38 bits per heavy atom. The first-order chi connectivity index (χ1) is 5.95. The molecular weight excluding hydrogens is 188 g/mol. The maximum absolute atomic E-state index is 11.0. The highest BCUT2D eigenvalue weighted by Crippen LogP contribution is 2.24. The van der Waals surface area contributed by atoms with Crippen LogP contribution in [0.15, 0.2) is 0 Å².